The average Bonchev–Trinajstić information content (AvgIpc) is 2.63. The number of hydrogen-bond donors (Lipinski definition) is 1. The van der Waals surface area contributed by atoms with Crippen LogP contribution in [0.2, 0.25) is 0 Å². The summed E-state index contributed by atoms with van der Waals surface area (Å²) in [5, 5.41) is 0. The van der Waals surface area contributed by atoms with E-state index in [0.29, 0.717) is 17.9 Å². The Morgan fingerprint density at radius 3 is 2.75 bits per heavy atom. The molecule has 0 saturated heterocycles. The number of carbonyl (C=O) groups is 1. The van der Waals surface area contributed by atoms with Crippen molar-refractivity contribution in [3.63, 3.8) is 0 Å². The van der Waals surface area contributed by atoms with E-state index in [1.54, 1.807) is 6.07 Å². The highest BCUT2D eigenvalue weighted by molar-refractivity contribution is 5.88. The summed E-state index contributed by atoms with van der Waals surface area (Å²) in [5.74, 6) is 0.205. The Morgan fingerprint density at radius 1 is 1.50 bits per heavy atom. The van der Waals surface area contributed by atoms with Crippen molar-refractivity contribution in [2.24, 2.45) is 0 Å². The van der Waals surface area contributed by atoms with Gasteiger partial charge in [0.25, 0.3) is 0 Å². The highest BCUT2D eigenvalue weighted by atomic mass is 16.7. The number of hydrogen-bond acceptors (Lipinski definition) is 5. The molecule has 1 aromatic rings. The molecule has 0 aromatic carbocycles. The van der Waals surface area contributed by atoms with Crippen LogP contribution in [0.1, 0.15) is 36.9 Å². The molecule has 5 nitrogen and oxygen atoms in total. The zero-order valence-corrected chi connectivity index (χ0v) is 9.99. The molecule has 16 heavy (non-hydrogen) atoms. The van der Waals surface area contributed by atoms with Crippen molar-refractivity contribution in [2.75, 3.05) is 7.11 Å². The second kappa shape index (κ2) is 5.14. The summed E-state index contributed by atoms with van der Waals surface area (Å²) in [7, 11) is 1.33. The molecule has 0 aliphatic rings. The van der Waals surface area contributed by atoms with Gasteiger partial charge in [0, 0.05) is 0 Å². The number of furan rings is 1. The van der Waals surface area contributed by atoms with E-state index in [4.69, 9.17) is 9.25 Å². The van der Waals surface area contributed by atoms with Gasteiger partial charge in [0.15, 0.2) is 0 Å². The topological polar surface area (TPSA) is 60.7 Å². The lowest BCUT2D eigenvalue weighted by molar-refractivity contribution is -0.0775. The fourth-order valence-corrected chi connectivity index (χ4v) is 1.02. The van der Waals surface area contributed by atoms with Crippen molar-refractivity contribution >= 4 is 5.97 Å². The molecule has 0 atom stereocenters. The van der Waals surface area contributed by atoms with E-state index in [-0.39, 0.29) is 5.60 Å². The van der Waals surface area contributed by atoms with Crippen molar-refractivity contribution in [1.82, 2.24) is 5.48 Å². The minimum Gasteiger partial charge on any atom is -0.467 e. The molecule has 1 aromatic heterocycles. The van der Waals surface area contributed by atoms with Crippen LogP contribution in [0.3, 0.4) is 0 Å². The second-order valence-corrected chi connectivity index (χ2v) is 4.33. The number of esters is 1. The first-order valence-electron chi connectivity index (χ1n) is 4.99. The van der Waals surface area contributed by atoms with Crippen molar-refractivity contribution in [3.05, 3.63) is 23.7 Å². The molecular weight excluding hydrogens is 210 g/mol. The first-order chi connectivity index (χ1) is 7.42. The van der Waals surface area contributed by atoms with Crippen LogP contribution < -0.4 is 5.48 Å². The van der Waals surface area contributed by atoms with E-state index >= 15 is 0 Å². The molecule has 0 aliphatic heterocycles. The van der Waals surface area contributed by atoms with Crippen LogP contribution in [0, 0.1) is 0 Å². The standard InChI is InChI=1S/C11H17NO4/c1-11(2,3)16-12-6-9-5-8(7-15-9)10(13)14-4/h5,7,12H,6H2,1-4H3. The normalized spacial score (nSPS) is 11.5. The van der Waals surface area contributed by atoms with Crippen LogP contribution in [-0.4, -0.2) is 18.7 Å². The summed E-state index contributed by atoms with van der Waals surface area (Å²) in [6.45, 7) is 6.19. The first-order valence-corrected chi connectivity index (χ1v) is 4.99. The smallest absolute Gasteiger partial charge is 0.341 e. The average molecular weight is 227 g/mol. The molecule has 0 unspecified atom stereocenters. The van der Waals surface area contributed by atoms with Gasteiger partial charge in [-0.1, -0.05) is 0 Å². The number of rotatable bonds is 4. The lowest BCUT2D eigenvalue weighted by Gasteiger charge is -2.18. The van der Waals surface area contributed by atoms with Gasteiger partial charge in [0.05, 0.1) is 24.8 Å². The van der Waals surface area contributed by atoms with E-state index in [1.165, 1.54) is 13.4 Å². The highest BCUT2D eigenvalue weighted by Gasteiger charge is 2.12. The van der Waals surface area contributed by atoms with E-state index in [2.05, 4.69) is 10.2 Å². The summed E-state index contributed by atoms with van der Waals surface area (Å²) >= 11 is 0. The zero-order chi connectivity index (χ0) is 12.2. The third kappa shape index (κ3) is 4.04. The minimum atomic E-state index is -0.410. The molecular formula is C11H17NO4. The SMILES string of the molecule is COC(=O)c1coc(CNOC(C)(C)C)c1. The fourth-order valence-electron chi connectivity index (χ4n) is 1.02. The Bertz CT molecular complexity index is 351. The summed E-state index contributed by atoms with van der Waals surface area (Å²) < 4.78 is 9.72. The van der Waals surface area contributed by atoms with Gasteiger partial charge in [0.2, 0.25) is 0 Å². The van der Waals surface area contributed by atoms with Gasteiger partial charge in [-0.3, -0.25) is 4.84 Å². The maximum atomic E-state index is 11.1. The molecule has 0 fully saturated rings. The summed E-state index contributed by atoms with van der Waals surface area (Å²) in [6.07, 6.45) is 1.36. The molecule has 0 radical (unpaired) electrons. The van der Waals surface area contributed by atoms with E-state index in [9.17, 15) is 4.79 Å². The van der Waals surface area contributed by atoms with Crippen LogP contribution in [0.15, 0.2) is 16.7 Å². The molecule has 0 spiro atoms. The van der Waals surface area contributed by atoms with Crippen LogP contribution in [0.5, 0.6) is 0 Å². The second-order valence-electron chi connectivity index (χ2n) is 4.33. The van der Waals surface area contributed by atoms with E-state index < -0.39 is 5.97 Å². The maximum Gasteiger partial charge on any atom is 0.341 e. The van der Waals surface area contributed by atoms with Gasteiger partial charge >= 0.3 is 5.97 Å². The Balaban J connectivity index is 2.44. The Hall–Kier alpha value is -1.33. The summed E-state index contributed by atoms with van der Waals surface area (Å²) in [4.78, 5) is 16.4. The molecule has 90 valence electrons. The quantitative estimate of drug-likeness (QED) is 0.628. The van der Waals surface area contributed by atoms with Crippen LogP contribution in [-0.2, 0) is 16.1 Å². The molecule has 1 N–H and O–H groups in total. The van der Waals surface area contributed by atoms with Gasteiger partial charge in [-0.2, -0.15) is 5.48 Å². The molecule has 0 amide bonds. The van der Waals surface area contributed by atoms with Crippen molar-refractivity contribution in [2.45, 2.75) is 32.9 Å². The Labute approximate surface area is 94.7 Å². The van der Waals surface area contributed by atoms with Gasteiger partial charge < -0.3 is 9.15 Å². The predicted octanol–water partition coefficient (Wildman–Crippen LogP) is 1.89. The Morgan fingerprint density at radius 2 is 2.19 bits per heavy atom. The maximum absolute atomic E-state index is 11.1. The third-order valence-electron chi connectivity index (χ3n) is 1.70. The largest absolute Gasteiger partial charge is 0.467 e. The van der Waals surface area contributed by atoms with Crippen LogP contribution >= 0.6 is 0 Å². The monoisotopic (exact) mass is 227 g/mol. The lowest BCUT2D eigenvalue weighted by Crippen LogP contribution is -2.28. The molecule has 1 heterocycles. The Kier molecular flexibility index (Phi) is 4.09. The van der Waals surface area contributed by atoms with Gasteiger partial charge in [-0.25, -0.2) is 4.79 Å². The molecule has 0 bridgehead atoms. The number of carbonyl (C=O) groups excluding carboxylic acids is 1. The molecule has 1 rings (SSSR count). The van der Waals surface area contributed by atoms with E-state index in [0.717, 1.165) is 0 Å². The molecule has 5 heteroatoms. The molecule has 0 saturated carbocycles. The van der Waals surface area contributed by atoms with Gasteiger partial charge in [0.1, 0.15) is 12.0 Å². The van der Waals surface area contributed by atoms with Crippen LogP contribution in [0.25, 0.3) is 0 Å². The van der Waals surface area contributed by atoms with Crippen molar-refractivity contribution < 1.29 is 18.8 Å². The number of hydroxylamine groups is 1. The number of nitrogens with one attached hydrogen (secondary N) is 1. The molecule has 0 aliphatic carbocycles. The predicted molar refractivity (Wildman–Crippen MR) is 57.7 cm³/mol. The third-order valence-corrected chi connectivity index (χ3v) is 1.70. The van der Waals surface area contributed by atoms with Gasteiger partial charge in [-0.05, 0) is 26.8 Å². The fraction of sp³-hybridized carbons (Fsp3) is 0.545. The van der Waals surface area contributed by atoms with E-state index in [1.807, 2.05) is 20.8 Å². The van der Waals surface area contributed by atoms with Gasteiger partial charge in [-0.15, -0.1) is 0 Å². The highest BCUT2D eigenvalue weighted by Crippen LogP contribution is 2.10. The lowest BCUT2D eigenvalue weighted by atomic mass is 10.2. The summed E-state index contributed by atoms with van der Waals surface area (Å²) in [6, 6.07) is 1.62. The first kappa shape index (κ1) is 12.7. The minimum absolute atomic E-state index is 0.266. The van der Waals surface area contributed by atoms with Crippen molar-refractivity contribution in [3.8, 4) is 0 Å². The number of ether oxygens (including phenoxy) is 1. The van der Waals surface area contributed by atoms with Crippen molar-refractivity contribution in [1.29, 1.82) is 0 Å². The van der Waals surface area contributed by atoms with Crippen LogP contribution in [0.4, 0.5) is 0 Å². The zero-order valence-electron chi connectivity index (χ0n) is 9.99. The summed E-state index contributed by atoms with van der Waals surface area (Å²) in [5.41, 5.74) is 2.90. The number of methoxy groups -OCH3 is 1.